The zero-order valence-electron chi connectivity index (χ0n) is 45.5. The molecule has 17 N–H and O–H groups in total. The summed E-state index contributed by atoms with van der Waals surface area (Å²) in [5.41, 5.74) is 3.88. The second-order valence-corrected chi connectivity index (χ2v) is 20.8. The van der Waals surface area contributed by atoms with E-state index in [1.165, 1.54) is 0 Å². The van der Waals surface area contributed by atoms with Crippen molar-refractivity contribution in [3.05, 3.63) is 109 Å². The number of fused-ring (bicyclic) bond motifs is 2. The fourth-order valence-electron chi connectivity index (χ4n) is 9.25. The van der Waals surface area contributed by atoms with Crippen LogP contribution in [-0.4, -0.2) is 206 Å². The third kappa shape index (κ3) is 22.1. The van der Waals surface area contributed by atoms with E-state index in [2.05, 4.69) is 10.5 Å². The number of cyclic esters (lactones) is 2. The lowest BCUT2D eigenvalue weighted by atomic mass is 9.79. The monoisotopic (exact) mass is 1130 g/mol. The van der Waals surface area contributed by atoms with Crippen molar-refractivity contribution in [1.82, 2.24) is 0 Å². The van der Waals surface area contributed by atoms with E-state index in [-0.39, 0.29) is 25.2 Å². The highest BCUT2D eigenvalue weighted by Crippen LogP contribution is 2.40. The molecule has 0 radical (unpaired) electrons. The largest absolute Gasteiger partial charge is 0.865 e. The van der Waals surface area contributed by atoms with Crippen molar-refractivity contribution in [2.75, 3.05) is 13.2 Å². The van der Waals surface area contributed by atoms with E-state index in [0.29, 0.717) is 0 Å². The normalized spacial score (nSPS) is 43.2. The molecule has 2 bridgehead atoms. The number of rotatable bonds is 5. The average Bonchev–Trinajstić information content (AvgIpc) is 3.70. The van der Waals surface area contributed by atoms with Gasteiger partial charge in [0.25, 0.3) is 0 Å². The van der Waals surface area contributed by atoms with Gasteiger partial charge in [0.05, 0.1) is 80.7 Å². The van der Waals surface area contributed by atoms with E-state index in [1.807, 2.05) is 73.8 Å². The summed E-state index contributed by atoms with van der Waals surface area (Å²) in [4.78, 5) is 23.1. The van der Waals surface area contributed by atoms with Crippen molar-refractivity contribution in [2.45, 2.75) is 189 Å². The lowest BCUT2D eigenvalue weighted by molar-refractivity contribution is -0.488. The first-order valence-electron chi connectivity index (χ1n) is 26.7. The van der Waals surface area contributed by atoms with Crippen LogP contribution in [0.5, 0.6) is 0 Å². The first-order valence-corrected chi connectivity index (χ1v) is 26.7. The molecular weight excluding hydrogens is 1040 g/mol. The number of aliphatic hydroxyl groups excluding tert-OH is 13. The van der Waals surface area contributed by atoms with Crippen molar-refractivity contribution in [1.29, 1.82) is 0 Å². The van der Waals surface area contributed by atoms with E-state index >= 15 is 0 Å². The summed E-state index contributed by atoms with van der Waals surface area (Å²) >= 11 is 0. The number of aliphatic hydroxyl groups is 14. The summed E-state index contributed by atoms with van der Waals surface area (Å²) in [5, 5.41) is 156. The highest BCUT2D eigenvalue weighted by Gasteiger charge is 2.51. The number of carbonyl (C=O) groups is 2. The topological polar surface area (TPSA) is 414 Å². The Morgan fingerprint density at radius 3 is 1.76 bits per heavy atom. The minimum atomic E-state index is -2.17. The Morgan fingerprint density at radius 2 is 1.23 bits per heavy atom. The van der Waals surface area contributed by atoms with Crippen LogP contribution in [0, 0.1) is 23.7 Å². The van der Waals surface area contributed by atoms with E-state index in [4.69, 9.17) is 34.3 Å². The first-order chi connectivity index (χ1) is 37.2. The van der Waals surface area contributed by atoms with Gasteiger partial charge in [-0.1, -0.05) is 118 Å². The van der Waals surface area contributed by atoms with Gasteiger partial charge in [-0.25, -0.2) is 4.79 Å². The van der Waals surface area contributed by atoms with Crippen molar-refractivity contribution in [3.63, 3.8) is 0 Å². The molecule has 4 rings (SSSR count). The summed E-state index contributed by atoms with van der Waals surface area (Å²) in [5.74, 6) is -8.53. The fraction of sp³-hybridized carbons (Fsp3) is 0.643. The standard InChI is InChI=1S/C50H79NO16.C6H8O6/c1-30-20-18-16-14-12-10-8-6-7-9-11-13-15-17-19-21-42(66-49-47(62)44(51)46(61)34(5)65-49)32(3)48-38(29-52)41(58)28-50(63,67-48)27-37(55)25-40(57)39(56)23-22-35(53)24-36(54)26-43(59)64-33(4)31(2)45(30)60;7-1-2(8)5-3(9)4(10)6(11)12-5/h6-21,30-42,44-49,52-58,60-63H,22-29,51H2,1-5H3;2,5,7-10H,1H2/b8-6+,9-7+,12-10+,13-11+,16-14+,17-15+,20-18+,21-19+;/t30-,31-,32?,33-,34+,35-,36-,37+,38?,39+,40-,41-,42?,44-,45+,46+,47-,48?,49-,50+;2-,5+/m00/s1. The van der Waals surface area contributed by atoms with Gasteiger partial charge in [-0.15, -0.1) is 0 Å². The molecule has 4 aliphatic rings. The molecule has 0 aliphatic carbocycles. The van der Waals surface area contributed by atoms with Gasteiger partial charge < -0.3 is 106 Å². The minimum absolute atomic E-state index is 0.0747. The van der Waals surface area contributed by atoms with Crippen molar-refractivity contribution in [2.24, 2.45) is 23.7 Å². The number of allylic oxidation sites excluding steroid dienone is 14. The van der Waals surface area contributed by atoms with Gasteiger partial charge in [0.15, 0.2) is 24.3 Å². The summed E-state index contributed by atoms with van der Waals surface area (Å²) in [7, 11) is 0. The van der Waals surface area contributed by atoms with Crippen molar-refractivity contribution in [3.8, 4) is 0 Å². The maximum absolute atomic E-state index is 12.7. The summed E-state index contributed by atoms with van der Waals surface area (Å²) in [6.07, 6.45) is 7.67. The Bertz CT molecular complexity index is 2130. The number of ether oxygens (including phenoxy) is 5. The molecule has 0 aromatic heterocycles. The maximum atomic E-state index is 12.7. The summed E-state index contributed by atoms with van der Waals surface area (Å²) < 4.78 is 28.1. The highest BCUT2D eigenvalue weighted by atomic mass is 16.7. The predicted octanol–water partition coefficient (Wildman–Crippen LogP) is -1.90. The molecule has 2 saturated heterocycles. The second kappa shape index (κ2) is 34.1. The van der Waals surface area contributed by atoms with Crippen LogP contribution in [0.25, 0.3) is 0 Å². The quantitative estimate of drug-likeness (QED) is 0.134. The SMILES string of the molecule is CC1C(O[C@@H]2O[C@H](C)[C@@H](O)[C@H]([NH3+])[C@@H]2O)/C=C/C=C/C=C/C=C/C=C/C=C/C=C/C=C/[C@H](C)[C@@H](O)[C@@H](C)[C@H](C)OC(=O)C[C@@H](O)C[C@@H](O)CC[C@@H](O)[C@@H](O)C[C@@H](O)C[C@]2(O)C[C@H](O)C(CO)C1O2.O=C1O[C@H]([C@@H](O)CO)C(O)=C1[O-]. The number of hydrogen-bond donors (Lipinski definition) is 15. The van der Waals surface area contributed by atoms with Gasteiger partial charge in [0.2, 0.25) is 0 Å². The Balaban J connectivity index is 0.00000120. The van der Waals surface area contributed by atoms with Crippen LogP contribution in [0.3, 0.4) is 0 Å². The molecule has 79 heavy (non-hydrogen) atoms. The molecule has 4 aliphatic heterocycles. The molecule has 23 nitrogen and oxygen atoms in total. The highest BCUT2D eigenvalue weighted by molar-refractivity contribution is 5.88. The molecule has 0 saturated carbocycles. The average molecular weight is 1130 g/mol. The second-order valence-electron chi connectivity index (χ2n) is 20.8. The number of carbonyl (C=O) groups excluding carboxylic acids is 2. The summed E-state index contributed by atoms with van der Waals surface area (Å²) in [6, 6.07) is -0.850. The molecular formula is C56H87NO22. The van der Waals surface area contributed by atoms with Crippen LogP contribution in [0.15, 0.2) is 109 Å². The van der Waals surface area contributed by atoms with Gasteiger partial charge in [-0.2, -0.15) is 0 Å². The van der Waals surface area contributed by atoms with Crippen LogP contribution in [0.2, 0.25) is 0 Å². The van der Waals surface area contributed by atoms with Gasteiger partial charge in [-0.05, 0) is 33.1 Å². The van der Waals surface area contributed by atoms with Crippen LogP contribution < -0.4 is 10.8 Å². The van der Waals surface area contributed by atoms with Crippen molar-refractivity contribution >= 4 is 11.9 Å². The molecule has 23 heteroatoms. The van der Waals surface area contributed by atoms with E-state index in [0.717, 1.165) is 0 Å². The Hall–Kier alpha value is -4.48. The predicted molar refractivity (Wildman–Crippen MR) is 281 cm³/mol. The molecule has 4 heterocycles. The number of quaternary nitrogens is 1. The smallest absolute Gasteiger partial charge is 0.327 e. The molecule has 2 fully saturated rings. The van der Waals surface area contributed by atoms with Gasteiger partial charge in [-0.3, -0.25) is 4.79 Å². The zero-order chi connectivity index (χ0) is 59.1. The zero-order valence-corrected chi connectivity index (χ0v) is 45.5. The molecule has 4 unspecified atom stereocenters. The summed E-state index contributed by atoms with van der Waals surface area (Å²) in [6.45, 7) is 7.33. The van der Waals surface area contributed by atoms with Crippen LogP contribution in [0.1, 0.15) is 79.6 Å². The lowest BCUT2D eigenvalue weighted by Gasteiger charge is -2.48. The Kier molecular flexibility index (Phi) is 29.7. The number of hydrogen-bond acceptors (Lipinski definition) is 22. The van der Waals surface area contributed by atoms with E-state index in [1.54, 1.807) is 58.1 Å². The van der Waals surface area contributed by atoms with Crippen molar-refractivity contribution < 1.29 is 116 Å². The lowest BCUT2D eigenvalue weighted by Crippen LogP contribution is -2.78. The molecule has 22 atom stereocenters. The Labute approximate surface area is 461 Å². The van der Waals surface area contributed by atoms with E-state index < -0.39 is 190 Å². The Morgan fingerprint density at radius 1 is 0.671 bits per heavy atom. The number of esters is 2. The first kappa shape index (κ1) is 68.8. The molecule has 0 spiro atoms. The third-order valence-corrected chi connectivity index (χ3v) is 14.3. The fourth-order valence-corrected chi connectivity index (χ4v) is 9.25. The third-order valence-electron chi connectivity index (χ3n) is 14.3. The van der Waals surface area contributed by atoms with Gasteiger partial charge in [0.1, 0.15) is 30.1 Å². The molecule has 0 amide bonds. The van der Waals surface area contributed by atoms with Gasteiger partial charge in [0, 0.05) is 48.7 Å². The van der Waals surface area contributed by atoms with Crippen LogP contribution >= 0.6 is 0 Å². The molecule has 0 aromatic rings. The minimum Gasteiger partial charge on any atom is -0.865 e. The molecule has 0 aromatic carbocycles. The van der Waals surface area contributed by atoms with Crippen LogP contribution in [-0.2, 0) is 33.3 Å². The molecule has 448 valence electrons. The van der Waals surface area contributed by atoms with Crippen LogP contribution in [0.4, 0.5) is 0 Å². The van der Waals surface area contributed by atoms with E-state index in [9.17, 15) is 70.9 Å². The maximum Gasteiger partial charge on any atom is 0.327 e. The van der Waals surface area contributed by atoms with Gasteiger partial charge >= 0.3 is 11.9 Å².